The number of hydrogen-bond acceptors (Lipinski definition) is 2. The Morgan fingerprint density at radius 2 is 2.23 bits per heavy atom. The van der Waals surface area contributed by atoms with Crippen LogP contribution >= 0.6 is 11.8 Å². The van der Waals surface area contributed by atoms with Gasteiger partial charge in [-0.05, 0) is 50.0 Å². The molecule has 120 valence electrons. The predicted molar refractivity (Wildman–Crippen MR) is 96.9 cm³/mol. The van der Waals surface area contributed by atoms with E-state index in [1.807, 2.05) is 7.05 Å². The van der Waals surface area contributed by atoms with E-state index in [-0.39, 0.29) is 0 Å². The number of rotatable bonds is 4. The number of nitrogens with one attached hydrogen (secondary N) is 2. The van der Waals surface area contributed by atoms with Crippen molar-refractivity contribution in [2.45, 2.75) is 49.8 Å². The molecule has 3 atom stereocenters. The number of aliphatic imine (C=N–C) groups is 1. The Morgan fingerprint density at radius 1 is 1.41 bits per heavy atom. The fourth-order valence-corrected chi connectivity index (χ4v) is 4.56. The molecule has 1 aliphatic heterocycles. The van der Waals surface area contributed by atoms with Crippen molar-refractivity contribution in [3.05, 3.63) is 35.4 Å². The third-order valence-corrected chi connectivity index (χ3v) is 6.39. The fourth-order valence-electron chi connectivity index (χ4n) is 3.32. The Kier molecular flexibility index (Phi) is 4.67. The second-order valence-corrected chi connectivity index (χ2v) is 8.46. The number of hydrogen-bond donors (Lipinski definition) is 2. The molecule has 0 amide bonds. The molecular weight excluding hydrogens is 290 g/mol. The summed E-state index contributed by atoms with van der Waals surface area (Å²) in [6.07, 6.45) is 3.85. The second kappa shape index (κ2) is 6.53. The van der Waals surface area contributed by atoms with Gasteiger partial charge < -0.3 is 10.6 Å². The van der Waals surface area contributed by atoms with Crippen molar-refractivity contribution in [2.75, 3.05) is 19.3 Å². The van der Waals surface area contributed by atoms with Crippen LogP contribution in [-0.4, -0.2) is 36.1 Å². The van der Waals surface area contributed by atoms with Gasteiger partial charge in [0.1, 0.15) is 0 Å². The maximum Gasteiger partial charge on any atom is 0.191 e. The third kappa shape index (κ3) is 3.60. The predicted octanol–water partition coefficient (Wildman–Crippen LogP) is 3.30. The molecular formula is C18H27N3S. The van der Waals surface area contributed by atoms with Crippen molar-refractivity contribution in [3.63, 3.8) is 0 Å². The van der Waals surface area contributed by atoms with E-state index in [9.17, 15) is 0 Å². The van der Waals surface area contributed by atoms with E-state index < -0.39 is 0 Å². The molecule has 22 heavy (non-hydrogen) atoms. The lowest BCUT2D eigenvalue weighted by Gasteiger charge is -2.24. The van der Waals surface area contributed by atoms with Gasteiger partial charge in [-0.15, -0.1) is 0 Å². The number of benzene rings is 1. The van der Waals surface area contributed by atoms with Gasteiger partial charge in [0.05, 0.1) is 0 Å². The van der Waals surface area contributed by atoms with E-state index in [0.29, 0.717) is 16.7 Å². The number of aryl methyl sites for hydroxylation is 1. The summed E-state index contributed by atoms with van der Waals surface area (Å²) in [7, 11) is 1.87. The summed E-state index contributed by atoms with van der Waals surface area (Å²) in [5.41, 5.74) is 2.88. The van der Waals surface area contributed by atoms with Gasteiger partial charge in [0.15, 0.2) is 5.96 Å². The first-order valence-corrected chi connectivity index (χ1v) is 9.26. The van der Waals surface area contributed by atoms with Gasteiger partial charge in [-0.25, -0.2) is 0 Å². The van der Waals surface area contributed by atoms with Gasteiger partial charge in [-0.3, -0.25) is 4.99 Å². The monoisotopic (exact) mass is 317 g/mol. The van der Waals surface area contributed by atoms with Crippen LogP contribution in [0.25, 0.3) is 0 Å². The second-order valence-electron chi connectivity index (χ2n) is 6.78. The van der Waals surface area contributed by atoms with Gasteiger partial charge in [0.2, 0.25) is 0 Å². The molecule has 0 bridgehead atoms. The van der Waals surface area contributed by atoms with Crippen LogP contribution in [0.4, 0.5) is 0 Å². The summed E-state index contributed by atoms with van der Waals surface area (Å²) in [5.74, 6) is 2.88. The Labute approximate surface area is 138 Å². The van der Waals surface area contributed by atoms with Gasteiger partial charge in [-0.1, -0.05) is 24.3 Å². The average Bonchev–Trinajstić information content (AvgIpc) is 3.14. The molecule has 1 aromatic rings. The zero-order chi connectivity index (χ0) is 15.6. The Balaban J connectivity index is 1.51. The largest absolute Gasteiger partial charge is 0.355 e. The molecule has 1 saturated heterocycles. The Hall–Kier alpha value is -1.16. The number of thioether (sulfide) groups is 1. The van der Waals surface area contributed by atoms with Crippen molar-refractivity contribution >= 4 is 17.7 Å². The van der Waals surface area contributed by atoms with Crippen LogP contribution in [0.5, 0.6) is 0 Å². The van der Waals surface area contributed by atoms with Crippen LogP contribution in [-0.2, 0) is 0 Å². The van der Waals surface area contributed by atoms with Gasteiger partial charge in [0, 0.05) is 30.3 Å². The van der Waals surface area contributed by atoms with E-state index in [1.54, 1.807) is 0 Å². The minimum Gasteiger partial charge on any atom is -0.355 e. The van der Waals surface area contributed by atoms with Crippen molar-refractivity contribution in [1.82, 2.24) is 10.6 Å². The van der Waals surface area contributed by atoms with Crippen LogP contribution in [0.1, 0.15) is 43.2 Å². The summed E-state index contributed by atoms with van der Waals surface area (Å²) >= 11 is 2.09. The molecule has 2 fully saturated rings. The highest BCUT2D eigenvalue weighted by molar-refractivity contribution is 8.00. The molecule has 4 heteroatoms. The van der Waals surface area contributed by atoms with E-state index in [4.69, 9.17) is 0 Å². The van der Waals surface area contributed by atoms with Crippen LogP contribution in [0.15, 0.2) is 29.3 Å². The van der Waals surface area contributed by atoms with Gasteiger partial charge in [-0.2, -0.15) is 11.8 Å². The van der Waals surface area contributed by atoms with Crippen molar-refractivity contribution in [2.24, 2.45) is 4.99 Å². The number of guanidine groups is 1. The topological polar surface area (TPSA) is 36.4 Å². The standard InChI is InChI=1S/C18H27N3S/c1-13-7-4-5-8-14(13)15-11-16(15)21-17(19-3)20-12-18(2)9-6-10-22-18/h4-5,7-8,15-16H,6,9-12H2,1-3H3,(H2,19,20,21). The van der Waals surface area contributed by atoms with Crippen molar-refractivity contribution in [1.29, 1.82) is 0 Å². The third-order valence-electron chi connectivity index (χ3n) is 4.85. The van der Waals surface area contributed by atoms with Crippen LogP contribution in [0.2, 0.25) is 0 Å². The normalized spacial score (nSPS) is 31.1. The highest BCUT2D eigenvalue weighted by atomic mass is 32.2. The molecule has 0 radical (unpaired) electrons. The zero-order valence-electron chi connectivity index (χ0n) is 13.9. The van der Waals surface area contributed by atoms with E-state index in [2.05, 4.69) is 65.5 Å². The summed E-state index contributed by atoms with van der Waals surface area (Å²) < 4.78 is 0.372. The van der Waals surface area contributed by atoms with E-state index in [0.717, 1.165) is 12.5 Å². The summed E-state index contributed by atoms with van der Waals surface area (Å²) in [5, 5.41) is 7.12. The van der Waals surface area contributed by atoms with Gasteiger partial charge >= 0.3 is 0 Å². The summed E-state index contributed by atoms with van der Waals surface area (Å²) in [6, 6.07) is 9.24. The maximum atomic E-state index is 4.40. The van der Waals surface area contributed by atoms with E-state index >= 15 is 0 Å². The summed E-state index contributed by atoms with van der Waals surface area (Å²) in [6.45, 7) is 5.56. The molecule has 0 aromatic heterocycles. The maximum absolute atomic E-state index is 4.40. The quantitative estimate of drug-likeness (QED) is 0.661. The van der Waals surface area contributed by atoms with Crippen LogP contribution < -0.4 is 10.6 Å². The lowest BCUT2D eigenvalue weighted by molar-refractivity contribution is 0.584. The Bertz CT molecular complexity index is 549. The first kappa shape index (κ1) is 15.7. The fraction of sp³-hybridized carbons (Fsp3) is 0.611. The minimum absolute atomic E-state index is 0.372. The van der Waals surface area contributed by atoms with Crippen molar-refractivity contribution < 1.29 is 0 Å². The van der Waals surface area contributed by atoms with Crippen molar-refractivity contribution in [3.8, 4) is 0 Å². The zero-order valence-corrected chi connectivity index (χ0v) is 14.7. The summed E-state index contributed by atoms with van der Waals surface area (Å²) in [4.78, 5) is 4.40. The molecule has 3 nitrogen and oxygen atoms in total. The Morgan fingerprint density at radius 3 is 2.91 bits per heavy atom. The van der Waals surface area contributed by atoms with Crippen LogP contribution in [0.3, 0.4) is 0 Å². The molecule has 3 rings (SSSR count). The smallest absolute Gasteiger partial charge is 0.191 e. The molecule has 2 N–H and O–H groups in total. The highest BCUT2D eigenvalue weighted by Gasteiger charge is 2.40. The lowest BCUT2D eigenvalue weighted by Crippen LogP contribution is -2.44. The lowest BCUT2D eigenvalue weighted by atomic mass is 10.0. The molecule has 0 spiro atoms. The van der Waals surface area contributed by atoms with E-state index in [1.165, 1.54) is 36.1 Å². The molecule has 1 saturated carbocycles. The molecule has 1 heterocycles. The highest BCUT2D eigenvalue weighted by Crippen LogP contribution is 2.42. The number of nitrogens with zero attached hydrogens (tertiary/aromatic N) is 1. The molecule has 3 unspecified atom stereocenters. The van der Waals surface area contributed by atoms with Gasteiger partial charge in [0.25, 0.3) is 0 Å². The van der Waals surface area contributed by atoms with Crippen LogP contribution in [0, 0.1) is 6.92 Å². The average molecular weight is 318 g/mol. The SMILES string of the molecule is CN=C(NCC1(C)CCCS1)NC1CC1c1ccccc1C. The first-order chi connectivity index (χ1) is 10.6. The molecule has 1 aromatic carbocycles. The first-order valence-electron chi connectivity index (χ1n) is 8.28. The molecule has 1 aliphatic carbocycles. The minimum atomic E-state index is 0.372. The molecule has 2 aliphatic rings.